The third-order valence-corrected chi connectivity index (χ3v) is 4.88. The van der Waals surface area contributed by atoms with Crippen molar-refractivity contribution >= 4 is 5.91 Å². The van der Waals surface area contributed by atoms with Crippen molar-refractivity contribution in [3.8, 4) is 5.82 Å². The van der Waals surface area contributed by atoms with E-state index < -0.39 is 0 Å². The van der Waals surface area contributed by atoms with Crippen LogP contribution in [0.3, 0.4) is 0 Å². The summed E-state index contributed by atoms with van der Waals surface area (Å²) >= 11 is 0. The molecule has 0 saturated carbocycles. The maximum Gasteiger partial charge on any atom is 0.253 e. The highest BCUT2D eigenvalue weighted by Gasteiger charge is 2.18. The number of carbonyl (C=O) groups is 1. The Balaban J connectivity index is 1.52. The number of hydrogen-bond donors (Lipinski definition) is 2. The van der Waals surface area contributed by atoms with E-state index in [1.54, 1.807) is 0 Å². The van der Waals surface area contributed by atoms with Crippen LogP contribution in [0.5, 0.6) is 0 Å². The number of amides is 1. The molecule has 0 saturated heterocycles. The van der Waals surface area contributed by atoms with E-state index in [9.17, 15) is 4.79 Å². The number of rotatable bonds is 4. The second-order valence-electron chi connectivity index (χ2n) is 6.81. The zero-order chi connectivity index (χ0) is 18.3. The third kappa shape index (κ3) is 2.93. The van der Waals surface area contributed by atoms with Gasteiger partial charge < -0.3 is 15.2 Å². The topological polar surface area (TPSA) is 72.1 Å². The van der Waals surface area contributed by atoms with Crippen LogP contribution in [0.2, 0.25) is 0 Å². The highest BCUT2D eigenvalue weighted by atomic mass is 16.5. The van der Waals surface area contributed by atoms with Gasteiger partial charge in [-0.1, -0.05) is 23.4 Å². The van der Waals surface area contributed by atoms with E-state index >= 15 is 0 Å². The zero-order valence-electron chi connectivity index (χ0n) is 15.2. The molecule has 3 heterocycles. The van der Waals surface area contributed by atoms with Gasteiger partial charge in [-0.3, -0.25) is 9.36 Å². The summed E-state index contributed by atoms with van der Waals surface area (Å²) in [5, 5.41) is 10.4. The molecule has 26 heavy (non-hydrogen) atoms. The van der Waals surface area contributed by atoms with Crippen molar-refractivity contribution in [2.45, 2.75) is 40.4 Å². The van der Waals surface area contributed by atoms with Gasteiger partial charge in [-0.25, -0.2) is 0 Å². The Kier molecular flexibility index (Phi) is 4.12. The molecule has 134 valence electrons. The van der Waals surface area contributed by atoms with Gasteiger partial charge in [-0.2, -0.15) is 0 Å². The Bertz CT molecular complexity index is 984. The van der Waals surface area contributed by atoms with E-state index in [4.69, 9.17) is 4.52 Å². The zero-order valence-corrected chi connectivity index (χ0v) is 15.2. The van der Waals surface area contributed by atoms with E-state index in [1.807, 2.05) is 37.5 Å². The van der Waals surface area contributed by atoms with Crippen molar-refractivity contribution < 1.29 is 9.32 Å². The number of hydrogen-bond acceptors (Lipinski definition) is 4. The molecule has 1 aliphatic heterocycles. The van der Waals surface area contributed by atoms with Crippen LogP contribution in [0.1, 0.15) is 44.2 Å². The SMILES string of the molecule is Cc1cc(-n2c(C)cc(C(=O)NCc3ccc4c(c3)CNC4)c2C)no1. The molecular formula is C20H22N4O2. The monoisotopic (exact) mass is 350 g/mol. The Morgan fingerprint density at radius 1 is 1.19 bits per heavy atom. The van der Waals surface area contributed by atoms with E-state index in [0.717, 1.165) is 35.8 Å². The smallest absolute Gasteiger partial charge is 0.253 e. The first kappa shape index (κ1) is 16.6. The van der Waals surface area contributed by atoms with Crippen molar-refractivity contribution in [3.05, 3.63) is 69.7 Å². The fraction of sp³-hybridized carbons (Fsp3) is 0.300. The quantitative estimate of drug-likeness (QED) is 0.759. The second kappa shape index (κ2) is 6.46. The minimum absolute atomic E-state index is 0.0804. The first-order chi connectivity index (χ1) is 12.5. The fourth-order valence-corrected chi connectivity index (χ4v) is 3.54. The summed E-state index contributed by atoms with van der Waals surface area (Å²) in [6, 6.07) is 10.1. The summed E-state index contributed by atoms with van der Waals surface area (Å²) < 4.78 is 7.10. The minimum Gasteiger partial charge on any atom is -0.360 e. The predicted molar refractivity (Wildman–Crippen MR) is 98.2 cm³/mol. The Hall–Kier alpha value is -2.86. The van der Waals surface area contributed by atoms with Crippen LogP contribution in [0.25, 0.3) is 5.82 Å². The molecule has 0 unspecified atom stereocenters. The molecule has 0 atom stereocenters. The van der Waals surface area contributed by atoms with Crippen molar-refractivity contribution in [3.63, 3.8) is 0 Å². The summed E-state index contributed by atoms with van der Waals surface area (Å²) in [6.45, 7) is 8.07. The van der Waals surface area contributed by atoms with Crippen molar-refractivity contribution in [1.82, 2.24) is 20.4 Å². The predicted octanol–water partition coefficient (Wildman–Crippen LogP) is 2.92. The lowest BCUT2D eigenvalue weighted by molar-refractivity contribution is 0.0950. The van der Waals surface area contributed by atoms with Crippen LogP contribution >= 0.6 is 0 Å². The summed E-state index contributed by atoms with van der Waals surface area (Å²) in [6.07, 6.45) is 0. The standard InChI is InChI=1S/C20H22N4O2/c1-12-6-18(14(3)24(12)19-7-13(2)26-23-19)20(25)22-9-15-4-5-16-10-21-11-17(16)8-15/h4-8,21H,9-11H2,1-3H3,(H,22,25). The summed E-state index contributed by atoms with van der Waals surface area (Å²) in [7, 11) is 0. The van der Waals surface area contributed by atoms with Crippen molar-refractivity contribution in [1.29, 1.82) is 0 Å². The van der Waals surface area contributed by atoms with Crippen LogP contribution in [0, 0.1) is 20.8 Å². The lowest BCUT2D eigenvalue weighted by atomic mass is 10.1. The lowest BCUT2D eigenvalue weighted by Crippen LogP contribution is -2.23. The molecule has 0 aliphatic carbocycles. The number of benzene rings is 1. The second-order valence-corrected chi connectivity index (χ2v) is 6.81. The molecule has 4 rings (SSSR count). The molecule has 3 aromatic rings. The molecule has 1 aliphatic rings. The average Bonchev–Trinajstić information content (AvgIpc) is 3.31. The maximum atomic E-state index is 12.7. The van der Waals surface area contributed by atoms with E-state index in [0.29, 0.717) is 17.9 Å². The van der Waals surface area contributed by atoms with E-state index in [1.165, 1.54) is 11.1 Å². The van der Waals surface area contributed by atoms with Crippen LogP contribution in [-0.2, 0) is 19.6 Å². The Labute approximate surface area is 152 Å². The number of aryl methyl sites for hydroxylation is 2. The first-order valence-electron chi connectivity index (χ1n) is 8.75. The number of nitrogens with zero attached hydrogens (tertiary/aromatic N) is 2. The molecule has 6 nitrogen and oxygen atoms in total. The van der Waals surface area contributed by atoms with Crippen molar-refractivity contribution in [2.75, 3.05) is 0 Å². The van der Waals surface area contributed by atoms with Crippen LogP contribution in [0.4, 0.5) is 0 Å². The molecular weight excluding hydrogens is 328 g/mol. The maximum absolute atomic E-state index is 12.7. The number of aromatic nitrogens is 2. The highest BCUT2D eigenvalue weighted by Crippen LogP contribution is 2.21. The van der Waals surface area contributed by atoms with Gasteiger partial charge in [0, 0.05) is 37.1 Å². The fourth-order valence-electron chi connectivity index (χ4n) is 3.54. The van der Waals surface area contributed by atoms with Gasteiger partial charge in [0.1, 0.15) is 5.76 Å². The number of fused-ring (bicyclic) bond motifs is 1. The number of carbonyl (C=O) groups excluding carboxylic acids is 1. The molecule has 2 N–H and O–H groups in total. The molecule has 0 fully saturated rings. The highest BCUT2D eigenvalue weighted by molar-refractivity contribution is 5.95. The van der Waals surface area contributed by atoms with Gasteiger partial charge in [0.2, 0.25) is 0 Å². The number of nitrogens with one attached hydrogen (secondary N) is 2. The molecule has 6 heteroatoms. The minimum atomic E-state index is -0.0804. The van der Waals surface area contributed by atoms with Crippen LogP contribution < -0.4 is 10.6 Å². The molecule has 1 aromatic carbocycles. The summed E-state index contributed by atoms with van der Waals surface area (Å²) in [5.41, 5.74) is 6.23. The summed E-state index contributed by atoms with van der Waals surface area (Å²) in [5.74, 6) is 1.36. The normalized spacial score (nSPS) is 13.0. The van der Waals surface area contributed by atoms with E-state index in [2.05, 4.69) is 34.0 Å². The van der Waals surface area contributed by atoms with Gasteiger partial charge in [0.15, 0.2) is 5.82 Å². The Morgan fingerprint density at radius 3 is 2.77 bits per heavy atom. The summed E-state index contributed by atoms with van der Waals surface area (Å²) in [4.78, 5) is 12.7. The molecule has 0 spiro atoms. The van der Waals surface area contributed by atoms with Gasteiger partial charge in [-0.15, -0.1) is 0 Å². The molecule has 0 bridgehead atoms. The largest absolute Gasteiger partial charge is 0.360 e. The third-order valence-electron chi connectivity index (χ3n) is 4.88. The van der Waals surface area contributed by atoms with Gasteiger partial charge in [-0.05, 0) is 43.5 Å². The van der Waals surface area contributed by atoms with E-state index in [-0.39, 0.29) is 5.91 Å². The van der Waals surface area contributed by atoms with Crippen molar-refractivity contribution in [2.24, 2.45) is 0 Å². The molecule has 1 amide bonds. The lowest BCUT2D eigenvalue weighted by Gasteiger charge is -2.08. The molecule has 2 aromatic heterocycles. The van der Waals surface area contributed by atoms with Gasteiger partial charge in [0.25, 0.3) is 5.91 Å². The first-order valence-corrected chi connectivity index (χ1v) is 8.75. The van der Waals surface area contributed by atoms with Crippen LogP contribution in [-0.4, -0.2) is 15.6 Å². The Morgan fingerprint density at radius 2 is 2.00 bits per heavy atom. The van der Waals surface area contributed by atoms with Gasteiger partial charge in [0.05, 0.1) is 5.56 Å². The average molecular weight is 350 g/mol. The molecule has 0 radical (unpaired) electrons. The van der Waals surface area contributed by atoms with Crippen LogP contribution in [0.15, 0.2) is 34.9 Å². The van der Waals surface area contributed by atoms with Gasteiger partial charge >= 0.3 is 0 Å².